The molecule has 1 amide bonds. The fraction of sp³-hybridized carbons (Fsp3) is 0.467. The molecule has 1 saturated heterocycles. The molecule has 3 rings (SSSR count). The second-order valence-corrected chi connectivity index (χ2v) is 6.35. The number of carbonyl (C=O) groups excluding carboxylic acids is 1. The van der Waals surface area contributed by atoms with Crippen LogP contribution in [0.1, 0.15) is 28.3 Å². The van der Waals surface area contributed by atoms with Gasteiger partial charge in [0.25, 0.3) is 0 Å². The summed E-state index contributed by atoms with van der Waals surface area (Å²) in [6.07, 6.45) is 1.81. The standard InChI is InChI=1S/C15H18N4O2S/c1-10-3-4-16-15(17-10)13-8-19(5-6-21-13)14(20)7-12-9-22-11(2)18-12/h3-4,9,13H,5-8H2,1-2H3/t13-/m0/s1. The van der Waals surface area contributed by atoms with E-state index in [-0.39, 0.29) is 12.0 Å². The van der Waals surface area contributed by atoms with Crippen LogP contribution in [0.2, 0.25) is 0 Å². The van der Waals surface area contributed by atoms with Crippen molar-refractivity contribution in [3.05, 3.63) is 39.9 Å². The Morgan fingerprint density at radius 2 is 2.32 bits per heavy atom. The van der Waals surface area contributed by atoms with E-state index in [1.807, 2.05) is 30.2 Å². The first-order valence-electron chi connectivity index (χ1n) is 7.22. The number of thiazole rings is 1. The van der Waals surface area contributed by atoms with Gasteiger partial charge in [0.2, 0.25) is 5.91 Å². The second kappa shape index (κ2) is 6.50. The molecule has 0 saturated carbocycles. The van der Waals surface area contributed by atoms with Gasteiger partial charge in [-0.3, -0.25) is 4.79 Å². The topological polar surface area (TPSA) is 68.2 Å². The highest BCUT2D eigenvalue weighted by Crippen LogP contribution is 2.20. The highest BCUT2D eigenvalue weighted by molar-refractivity contribution is 7.09. The van der Waals surface area contributed by atoms with Crippen molar-refractivity contribution in [3.63, 3.8) is 0 Å². The molecule has 0 radical (unpaired) electrons. The minimum atomic E-state index is -0.255. The van der Waals surface area contributed by atoms with E-state index in [2.05, 4.69) is 15.0 Å². The third kappa shape index (κ3) is 3.48. The fourth-order valence-corrected chi connectivity index (χ4v) is 3.02. The summed E-state index contributed by atoms with van der Waals surface area (Å²) in [5.74, 6) is 0.716. The highest BCUT2D eigenvalue weighted by atomic mass is 32.1. The number of hydrogen-bond acceptors (Lipinski definition) is 6. The van der Waals surface area contributed by atoms with Crippen molar-refractivity contribution in [2.45, 2.75) is 26.4 Å². The summed E-state index contributed by atoms with van der Waals surface area (Å²) < 4.78 is 5.72. The number of amides is 1. The van der Waals surface area contributed by atoms with Gasteiger partial charge in [-0.15, -0.1) is 11.3 Å². The average molecular weight is 318 g/mol. The summed E-state index contributed by atoms with van der Waals surface area (Å²) in [4.78, 5) is 27.2. The van der Waals surface area contributed by atoms with Gasteiger partial charge in [0.1, 0.15) is 6.10 Å². The number of rotatable bonds is 3. The van der Waals surface area contributed by atoms with Crippen molar-refractivity contribution in [2.24, 2.45) is 0 Å². The molecule has 2 aromatic heterocycles. The highest BCUT2D eigenvalue weighted by Gasteiger charge is 2.27. The minimum absolute atomic E-state index is 0.0752. The van der Waals surface area contributed by atoms with Gasteiger partial charge in [0.05, 0.1) is 30.3 Å². The van der Waals surface area contributed by atoms with E-state index in [1.165, 1.54) is 0 Å². The summed E-state index contributed by atoms with van der Waals surface area (Å²) in [6.45, 7) is 5.46. The molecule has 3 heterocycles. The molecular formula is C15H18N4O2S. The molecule has 116 valence electrons. The summed E-state index contributed by atoms with van der Waals surface area (Å²) in [7, 11) is 0. The van der Waals surface area contributed by atoms with Crippen LogP contribution in [0.15, 0.2) is 17.6 Å². The van der Waals surface area contributed by atoms with E-state index in [1.54, 1.807) is 17.5 Å². The van der Waals surface area contributed by atoms with Gasteiger partial charge in [-0.05, 0) is 19.9 Å². The van der Waals surface area contributed by atoms with Crippen molar-refractivity contribution in [3.8, 4) is 0 Å². The number of aromatic nitrogens is 3. The van der Waals surface area contributed by atoms with Gasteiger partial charge in [-0.25, -0.2) is 15.0 Å². The number of morpholine rings is 1. The molecule has 0 unspecified atom stereocenters. The first-order chi connectivity index (χ1) is 10.6. The van der Waals surface area contributed by atoms with Crippen LogP contribution in [0.4, 0.5) is 0 Å². The lowest BCUT2D eigenvalue weighted by Gasteiger charge is -2.32. The summed E-state index contributed by atoms with van der Waals surface area (Å²) >= 11 is 1.57. The minimum Gasteiger partial charge on any atom is -0.367 e. The maximum absolute atomic E-state index is 12.4. The summed E-state index contributed by atoms with van der Waals surface area (Å²) in [5, 5.41) is 2.92. The molecule has 1 atom stereocenters. The van der Waals surface area contributed by atoms with Crippen LogP contribution < -0.4 is 0 Å². The Bertz CT molecular complexity index is 673. The van der Waals surface area contributed by atoms with Gasteiger partial charge in [-0.1, -0.05) is 0 Å². The molecular weight excluding hydrogens is 300 g/mol. The Kier molecular flexibility index (Phi) is 4.44. The number of hydrogen-bond donors (Lipinski definition) is 0. The normalized spacial score (nSPS) is 18.5. The largest absolute Gasteiger partial charge is 0.367 e. The van der Waals surface area contributed by atoms with Crippen molar-refractivity contribution in [1.82, 2.24) is 19.9 Å². The number of nitrogens with zero attached hydrogens (tertiary/aromatic N) is 4. The molecule has 22 heavy (non-hydrogen) atoms. The Hall–Kier alpha value is -1.86. The van der Waals surface area contributed by atoms with Crippen LogP contribution in [-0.2, 0) is 16.0 Å². The van der Waals surface area contributed by atoms with Crippen molar-refractivity contribution < 1.29 is 9.53 Å². The van der Waals surface area contributed by atoms with E-state index in [0.717, 1.165) is 16.4 Å². The van der Waals surface area contributed by atoms with Crippen LogP contribution >= 0.6 is 11.3 Å². The Morgan fingerprint density at radius 1 is 1.45 bits per heavy atom. The van der Waals surface area contributed by atoms with Gasteiger partial charge in [0, 0.05) is 23.8 Å². The maximum Gasteiger partial charge on any atom is 0.228 e. The first kappa shape index (κ1) is 15.1. The molecule has 0 aromatic carbocycles. The van der Waals surface area contributed by atoms with E-state index in [4.69, 9.17) is 4.74 Å². The number of ether oxygens (including phenoxy) is 1. The van der Waals surface area contributed by atoms with Crippen LogP contribution in [0, 0.1) is 13.8 Å². The molecule has 2 aromatic rings. The predicted molar refractivity (Wildman–Crippen MR) is 82.6 cm³/mol. The van der Waals surface area contributed by atoms with Crippen LogP contribution in [0.5, 0.6) is 0 Å². The predicted octanol–water partition coefficient (Wildman–Crippen LogP) is 1.69. The molecule has 6 nitrogen and oxygen atoms in total. The van der Waals surface area contributed by atoms with Crippen molar-refractivity contribution >= 4 is 17.2 Å². The zero-order valence-electron chi connectivity index (χ0n) is 12.7. The summed E-state index contributed by atoms with van der Waals surface area (Å²) in [6, 6.07) is 1.85. The lowest BCUT2D eigenvalue weighted by Crippen LogP contribution is -2.43. The van der Waals surface area contributed by atoms with Gasteiger partial charge in [0.15, 0.2) is 5.82 Å². The smallest absolute Gasteiger partial charge is 0.228 e. The number of aryl methyl sites for hydroxylation is 2. The summed E-state index contributed by atoms with van der Waals surface area (Å²) in [5.41, 5.74) is 1.73. The molecule has 0 spiro atoms. The molecule has 0 N–H and O–H groups in total. The first-order valence-corrected chi connectivity index (χ1v) is 8.09. The lowest BCUT2D eigenvalue weighted by molar-refractivity contribution is -0.138. The third-order valence-corrected chi connectivity index (χ3v) is 4.34. The van der Waals surface area contributed by atoms with Crippen LogP contribution in [0.3, 0.4) is 0 Å². The van der Waals surface area contributed by atoms with Crippen LogP contribution in [-0.4, -0.2) is 45.5 Å². The molecule has 0 aliphatic carbocycles. The van der Waals surface area contributed by atoms with Crippen molar-refractivity contribution in [1.29, 1.82) is 0 Å². The van der Waals surface area contributed by atoms with E-state index in [0.29, 0.717) is 31.9 Å². The van der Waals surface area contributed by atoms with E-state index < -0.39 is 0 Å². The van der Waals surface area contributed by atoms with Gasteiger partial charge >= 0.3 is 0 Å². The van der Waals surface area contributed by atoms with Crippen LogP contribution in [0.25, 0.3) is 0 Å². The Morgan fingerprint density at radius 3 is 3.05 bits per heavy atom. The van der Waals surface area contributed by atoms with E-state index in [9.17, 15) is 4.79 Å². The van der Waals surface area contributed by atoms with Gasteiger partial charge in [-0.2, -0.15) is 0 Å². The molecule has 0 bridgehead atoms. The molecule has 7 heteroatoms. The number of carbonyl (C=O) groups is 1. The zero-order chi connectivity index (χ0) is 15.5. The fourth-order valence-electron chi connectivity index (χ4n) is 2.41. The Labute approximate surface area is 133 Å². The maximum atomic E-state index is 12.4. The monoisotopic (exact) mass is 318 g/mol. The molecule has 1 aliphatic heterocycles. The van der Waals surface area contributed by atoms with E-state index >= 15 is 0 Å². The lowest BCUT2D eigenvalue weighted by atomic mass is 10.2. The second-order valence-electron chi connectivity index (χ2n) is 5.29. The Balaban J connectivity index is 1.66. The molecule has 1 aliphatic rings. The SMILES string of the molecule is Cc1ccnc([C@@H]2CN(C(=O)Cc3csc(C)n3)CCO2)n1. The molecule has 1 fully saturated rings. The third-order valence-electron chi connectivity index (χ3n) is 3.52. The van der Waals surface area contributed by atoms with Gasteiger partial charge < -0.3 is 9.64 Å². The van der Waals surface area contributed by atoms with Crippen molar-refractivity contribution in [2.75, 3.05) is 19.7 Å². The average Bonchev–Trinajstić information content (AvgIpc) is 2.92. The quantitative estimate of drug-likeness (QED) is 0.861. The zero-order valence-corrected chi connectivity index (χ0v) is 13.5.